The smallest absolute Gasteiger partial charge is 0.140 e. The molecular weight excluding hydrogens is 184 g/mol. The number of aromatic nitrogens is 3. The van der Waals surface area contributed by atoms with Crippen molar-refractivity contribution in [2.75, 3.05) is 0 Å². The number of thioether (sulfide) groups is 1. The van der Waals surface area contributed by atoms with Gasteiger partial charge in [0, 0.05) is 6.04 Å². The number of hydrogen-bond acceptors (Lipinski definition) is 4. The van der Waals surface area contributed by atoms with Gasteiger partial charge >= 0.3 is 0 Å². The molecule has 0 radical (unpaired) electrons. The first-order chi connectivity index (χ1) is 6.38. The molecule has 72 valence electrons. The highest BCUT2D eigenvalue weighted by molar-refractivity contribution is 7.99. The molecule has 1 saturated carbocycles. The maximum absolute atomic E-state index is 4.02. The van der Waals surface area contributed by atoms with Crippen molar-refractivity contribution in [2.45, 2.75) is 42.6 Å². The van der Waals surface area contributed by atoms with Crippen LogP contribution in [0, 0.1) is 0 Å². The lowest BCUT2D eigenvalue weighted by Gasteiger charge is -2.13. The van der Waals surface area contributed by atoms with E-state index in [4.69, 9.17) is 0 Å². The van der Waals surface area contributed by atoms with Crippen molar-refractivity contribution in [2.24, 2.45) is 0 Å². The summed E-state index contributed by atoms with van der Waals surface area (Å²) < 4.78 is 0. The quantitative estimate of drug-likeness (QED) is 0.554. The summed E-state index contributed by atoms with van der Waals surface area (Å²) in [5.41, 5.74) is 0. The number of nitrogens with zero attached hydrogens (tertiary/aromatic N) is 2. The van der Waals surface area contributed by atoms with Gasteiger partial charge in [-0.15, -0.1) is 5.10 Å². The van der Waals surface area contributed by atoms with Gasteiger partial charge in [-0.25, -0.2) is 0 Å². The van der Waals surface area contributed by atoms with E-state index in [0.717, 1.165) is 17.5 Å². The molecule has 4 nitrogen and oxygen atoms in total. The maximum atomic E-state index is 4.02. The third-order valence-electron chi connectivity index (χ3n) is 2.03. The van der Waals surface area contributed by atoms with E-state index < -0.39 is 0 Å². The topological polar surface area (TPSA) is 53.6 Å². The Morgan fingerprint density at radius 3 is 3.15 bits per heavy atom. The highest BCUT2D eigenvalue weighted by Gasteiger charge is 2.24. The van der Waals surface area contributed by atoms with Gasteiger partial charge in [-0.1, -0.05) is 18.7 Å². The van der Waals surface area contributed by atoms with Crippen LogP contribution in [0.2, 0.25) is 0 Å². The predicted octanol–water partition coefficient (Wildman–Crippen LogP) is 1.38. The summed E-state index contributed by atoms with van der Waals surface area (Å²) in [5.74, 6) is 0. The fraction of sp³-hybridized carbons (Fsp3) is 0.750. The fourth-order valence-corrected chi connectivity index (χ4v) is 2.07. The van der Waals surface area contributed by atoms with Crippen molar-refractivity contribution < 1.29 is 0 Å². The standard InChI is InChI=1S/C8H14N4S/c1-2-7(10-6-3-4-6)13-8-5-9-12-11-8/h5-7,10H,2-4H2,1H3,(H,9,11,12). The molecule has 1 heterocycles. The van der Waals surface area contributed by atoms with Crippen LogP contribution in [0.4, 0.5) is 0 Å². The van der Waals surface area contributed by atoms with Crippen LogP contribution < -0.4 is 5.32 Å². The minimum Gasteiger partial charge on any atom is -0.302 e. The minimum atomic E-state index is 0.484. The molecule has 2 rings (SSSR count). The number of H-pyrrole nitrogens is 1. The molecule has 13 heavy (non-hydrogen) atoms. The third kappa shape index (κ3) is 2.70. The number of rotatable bonds is 5. The summed E-state index contributed by atoms with van der Waals surface area (Å²) in [6.07, 6.45) is 5.54. The molecule has 1 aliphatic rings. The van der Waals surface area contributed by atoms with E-state index in [2.05, 4.69) is 27.7 Å². The van der Waals surface area contributed by atoms with Gasteiger partial charge in [-0.2, -0.15) is 10.3 Å². The second kappa shape index (κ2) is 4.11. The molecule has 0 amide bonds. The van der Waals surface area contributed by atoms with Gasteiger partial charge < -0.3 is 5.32 Å². The lowest BCUT2D eigenvalue weighted by atomic mass is 10.4. The van der Waals surface area contributed by atoms with E-state index in [1.807, 2.05) is 0 Å². The van der Waals surface area contributed by atoms with Gasteiger partial charge in [0.2, 0.25) is 0 Å². The van der Waals surface area contributed by atoms with E-state index in [-0.39, 0.29) is 0 Å². The second-order valence-electron chi connectivity index (χ2n) is 3.26. The zero-order chi connectivity index (χ0) is 9.10. The molecule has 5 heteroatoms. The van der Waals surface area contributed by atoms with E-state index in [1.165, 1.54) is 12.8 Å². The van der Waals surface area contributed by atoms with Crippen LogP contribution in [-0.4, -0.2) is 26.8 Å². The zero-order valence-corrected chi connectivity index (χ0v) is 8.47. The van der Waals surface area contributed by atoms with Crippen molar-refractivity contribution in [3.63, 3.8) is 0 Å². The Morgan fingerprint density at radius 2 is 2.62 bits per heavy atom. The average molecular weight is 198 g/mol. The fourth-order valence-electron chi connectivity index (χ4n) is 1.14. The normalized spacial score (nSPS) is 18.8. The van der Waals surface area contributed by atoms with E-state index in [9.17, 15) is 0 Å². The predicted molar refractivity (Wildman–Crippen MR) is 52.5 cm³/mol. The molecule has 2 N–H and O–H groups in total. The Labute approximate surface area is 81.9 Å². The monoisotopic (exact) mass is 198 g/mol. The molecule has 0 bridgehead atoms. The van der Waals surface area contributed by atoms with Crippen molar-refractivity contribution >= 4 is 11.8 Å². The van der Waals surface area contributed by atoms with Crippen molar-refractivity contribution in [1.82, 2.24) is 20.7 Å². The molecule has 0 saturated heterocycles. The Kier molecular flexibility index (Phi) is 2.85. The van der Waals surface area contributed by atoms with E-state index in [1.54, 1.807) is 18.0 Å². The molecule has 1 fully saturated rings. The van der Waals surface area contributed by atoms with Crippen LogP contribution in [-0.2, 0) is 0 Å². The van der Waals surface area contributed by atoms with Gasteiger partial charge in [0.15, 0.2) is 0 Å². The molecule has 1 atom stereocenters. The van der Waals surface area contributed by atoms with Crippen LogP contribution in [0.25, 0.3) is 0 Å². The largest absolute Gasteiger partial charge is 0.302 e. The Morgan fingerprint density at radius 1 is 1.77 bits per heavy atom. The molecule has 1 unspecified atom stereocenters. The van der Waals surface area contributed by atoms with Gasteiger partial charge in [-0.05, 0) is 19.3 Å². The zero-order valence-electron chi connectivity index (χ0n) is 7.66. The number of aromatic amines is 1. The first kappa shape index (κ1) is 9.02. The number of hydrogen-bond donors (Lipinski definition) is 2. The van der Waals surface area contributed by atoms with Crippen LogP contribution in [0.15, 0.2) is 11.2 Å². The average Bonchev–Trinajstić information content (AvgIpc) is 2.80. The Hall–Kier alpha value is -0.550. The highest BCUT2D eigenvalue weighted by Crippen LogP contribution is 2.26. The van der Waals surface area contributed by atoms with Crippen molar-refractivity contribution in [3.05, 3.63) is 6.20 Å². The first-order valence-electron chi connectivity index (χ1n) is 4.67. The van der Waals surface area contributed by atoms with Gasteiger partial charge in [-0.3, -0.25) is 0 Å². The number of nitrogens with one attached hydrogen (secondary N) is 2. The molecule has 1 aromatic heterocycles. The van der Waals surface area contributed by atoms with Gasteiger partial charge in [0.25, 0.3) is 0 Å². The molecule has 1 aliphatic carbocycles. The molecule has 0 aliphatic heterocycles. The summed E-state index contributed by atoms with van der Waals surface area (Å²) in [6.45, 7) is 2.19. The third-order valence-corrected chi connectivity index (χ3v) is 3.22. The molecular formula is C8H14N4S. The minimum absolute atomic E-state index is 0.484. The van der Waals surface area contributed by atoms with Gasteiger partial charge in [0.1, 0.15) is 5.03 Å². The summed E-state index contributed by atoms with van der Waals surface area (Å²) in [7, 11) is 0. The summed E-state index contributed by atoms with van der Waals surface area (Å²) in [5, 5.41) is 15.4. The Balaban J connectivity index is 1.82. The van der Waals surface area contributed by atoms with Crippen LogP contribution in [0.3, 0.4) is 0 Å². The lowest BCUT2D eigenvalue weighted by Crippen LogP contribution is -2.27. The van der Waals surface area contributed by atoms with Crippen LogP contribution >= 0.6 is 11.8 Å². The lowest BCUT2D eigenvalue weighted by molar-refractivity contribution is 0.628. The Bertz CT molecular complexity index is 245. The highest BCUT2D eigenvalue weighted by atomic mass is 32.2. The maximum Gasteiger partial charge on any atom is 0.140 e. The summed E-state index contributed by atoms with van der Waals surface area (Å²) >= 11 is 1.75. The SMILES string of the molecule is CCC(NC1CC1)Sc1cn[nH]n1. The summed E-state index contributed by atoms with van der Waals surface area (Å²) in [4.78, 5) is 0. The summed E-state index contributed by atoms with van der Waals surface area (Å²) in [6, 6.07) is 0.754. The second-order valence-corrected chi connectivity index (χ2v) is 4.49. The molecule has 0 spiro atoms. The van der Waals surface area contributed by atoms with Crippen molar-refractivity contribution in [3.8, 4) is 0 Å². The van der Waals surface area contributed by atoms with Crippen LogP contribution in [0.1, 0.15) is 26.2 Å². The van der Waals surface area contributed by atoms with E-state index >= 15 is 0 Å². The molecule has 0 aromatic carbocycles. The van der Waals surface area contributed by atoms with E-state index in [0.29, 0.717) is 5.37 Å². The van der Waals surface area contributed by atoms with Gasteiger partial charge in [0.05, 0.1) is 11.6 Å². The van der Waals surface area contributed by atoms with Crippen LogP contribution in [0.5, 0.6) is 0 Å². The first-order valence-corrected chi connectivity index (χ1v) is 5.55. The van der Waals surface area contributed by atoms with Crippen molar-refractivity contribution in [1.29, 1.82) is 0 Å². The molecule has 1 aromatic rings.